The zero-order chi connectivity index (χ0) is 14.9. The minimum atomic E-state index is -3.19. The second kappa shape index (κ2) is 5.47. The molecule has 0 atom stereocenters. The summed E-state index contributed by atoms with van der Waals surface area (Å²) < 4.78 is 64.0. The van der Waals surface area contributed by atoms with Crippen LogP contribution in [-0.2, 0) is 9.84 Å². The Morgan fingerprint density at radius 3 is 2.35 bits per heavy atom. The predicted molar refractivity (Wildman–Crippen MR) is 69.1 cm³/mol. The first-order valence-corrected chi connectivity index (χ1v) is 7.91. The molecule has 0 aliphatic carbocycles. The first-order chi connectivity index (χ1) is 9.35. The van der Waals surface area contributed by atoms with Crippen LogP contribution in [-0.4, -0.2) is 44.5 Å². The Hall–Kier alpha value is -1.51. The average Bonchev–Trinajstić information content (AvgIpc) is 2.38. The van der Waals surface area contributed by atoms with Gasteiger partial charge in [-0.15, -0.1) is 0 Å². The fourth-order valence-electron chi connectivity index (χ4n) is 2.00. The number of hydrogen-bond acceptors (Lipinski definition) is 5. The van der Waals surface area contributed by atoms with Crippen LogP contribution < -0.4 is 10.2 Å². The Balaban J connectivity index is 2.40. The quantitative estimate of drug-likeness (QED) is 0.849. The van der Waals surface area contributed by atoms with Gasteiger partial charge in [-0.3, -0.25) is 0 Å². The summed E-state index contributed by atoms with van der Waals surface area (Å²) in [4.78, 5) is 4.37. The minimum absolute atomic E-state index is 0.0782. The summed E-state index contributed by atoms with van der Waals surface area (Å²) in [7, 11) is -3.19. The molecule has 0 bridgehead atoms. The zero-order valence-electron chi connectivity index (χ0n) is 10.8. The van der Waals surface area contributed by atoms with Gasteiger partial charge in [-0.1, -0.05) is 0 Å². The van der Waals surface area contributed by atoms with Crippen molar-refractivity contribution < 1.29 is 21.6 Å². The van der Waals surface area contributed by atoms with Gasteiger partial charge in [0.2, 0.25) is 5.82 Å². The van der Waals surface area contributed by atoms with E-state index in [2.05, 4.69) is 10.3 Å². The van der Waals surface area contributed by atoms with Crippen LogP contribution in [0.3, 0.4) is 0 Å². The second-order valence-electron chi connectivity index (χ2n) is 4.40. The van der Waals surface area contributed by atoms with Crippen molar-refractivity contribution in [3.63, 3.8) is 0 Å². The van der Waals surface area contributed by atoms with Gasteiger partial charge >= 0.3 is 0 Å². The fraction of sp³-hybridized carbons (Fsp3) is 0.545. The Bertz CT molecular complexity index is 608. The van der Waals surface area contributed by atoms with Crippen molar-refractivity contribution in [1.29, 1.82) is 0 Å². The number of nitrogens with zero attached hydrogens (tertiary/aromatic N) is 2. The lowest BCUT2D eigenvalue weighted by Crippen LogP contribution is -2.41. The molecule has 1 fully saturated rings. The fourth-order valence-corrected chi connectivity index (χ4v) is 3.20. The van der Waals surface area contributed by atoms with Gasteiger partial charge in [-0.05, 0) is 6.92 Å². The number of hydrogen-bond donors (Lipinski definition) is 1. The maximum Gasteiger partial charge on any atom is 0.253 e. The molecule has 1 aliphatic heterocycles. The number of sulfone groups is 1. The highest BCUT2D eigenvalue weighted by molar-refractivity contribution is 7.91. The maximum absolute atomic E-state index is 14.2. The van der Waals surface area contributed by atoms with Crippen LogP contribution in [0.2, 0.25) is 0 Å². The van der Waals surface area contributed by atoms with Crippen molar-refractivity contribution in [1.82, 2.24) is 4.98 Å². The van der Waals surface area contributed by atoms with Crippen molar-refractivity contribution in [2.75, 3.05) is 41.4 Å². The monoisotopic (exact) mass is 309 g/mol. The topological polar surface area (TPSA) is 62.3 Å². The highest BCUT2D eigenvalue weighted by Crippen LogP contribution is 2.30. The van der Waals surface area contributed by atoms with E-state index in [0.29, 0.717) is 6.54 Å². The van der Waals surface area contributed by atoms with Crippen LogP contribution in [0.1, 0.15) is 6.92 Å². The van der Waals surface area contributed by atoms with E-state index < -0.39 is 33.1 Å². The van der Waals surface area contributed by atoms with Crippen LogP contribution in [0.25, 0.3) is 0 Å². The summed E-state index contributed by atoms with van der Waals surface area (Å²) in [6.45, 7) is 1.80. The lowest BCUT2D eigenvalue weighted by molar-refractivity contribution is 0.464. The number of nitrogens with one attached hydrogen (secondary N) is 1. The number of rotatable bonds is 3. The molecule has 0 amide bonds. The van der Waals surface area contributed by atoms with Gasteiger partial charge in [0.25, 0.3) is 5.95 Å². The lowest BCUT2D eigenvalue weighted by atomic mass is 10.3. The average molecular weight is 309 g/mol. The summed E-state index contributed by atoms with van der Waals surface area (Å²) in [5, 5.41) is 2.50. The summed E-state index contributed by atoms with van der Waals surface area (Å²) >= 11 is 0. The molecule has 9 heteroatoms. The molecule has 1 N–H and O–H groups in total. The van der Waals surface area contributed by atoms with E-state index in [4.69, 9.17) is 0 Å². The molecule has 5 nitrogen and oxygen atoms in total. The highest BCUT2D eigenvalue weighted by Gasteiger charge is 2.29. The van der Waals surface area contributed by atoms with Gasteiger partial charge in [0.1, 0.15) is 5.69 Å². The van der Waals surface area contributed by atoms with E-state index in [-0.39, 0.29) is 30.4 Å². The van der Waals surface area contributed by atoms with E-state index in [0.717, 1.165) is 0 Å². The third-order valence-corrected chi connectivity index (χ3v) is 4.63. The first kappa shape index (κ1) is 14.9. The Kier molecular flexibility index (Phi) is 4.07. The molecule has 0 aromatic carbocycles. The van der Waals surface area contributed by atoms with Gasteiger partial charge in [0.05, 0.1) is 11.5 Å². The van der Waals surface area contributed by atoms with E-state index in [1.54, 1.807) is 6.92 Å². The molecule has 1 aromatic heterocycles. The Morgan fingerprint density at radius 1 is 1.20 bits per heavy atom. The molecule has 1 aromatic rings. The van der Waals surface area contributed by atoms with Crippen molar-refractivity contribution in [3.05, 3.63) is 17.6 Å². The van der Waals surface area contributed by atoms with Crippen LogP contribution in [0.5, 0.6) is 0 Å². The van der Waals surface area contributed by atoms with Crippen molar-refractivity contribution >= 4 is 21.3 Å². The molecule has 0 saturated carbocycles. The largest absolute Gasteiger partial charge is 0.368 e. The van der Waals surface area contributed by atoms with E-state index in [9.17, 15) is 21.6 Å². The predicted octanol–water partition coefficient (Wildman–Crippen LogP) is 1.17. The second-order valence-corrected chi connectivity index (χ2v) is 6.70. The van der Waals surface area contributed by atoms with E-state index >= 15 is 0 Å². The SMILES string of the molecule is CCNc1nc(F)c(F)c(N2CCS(=O)(=O)CC2)c1F. The minimum Gasteiger partial charge on any atom is -0.368 e. The summed E-state index contributed by atoms with van der Waals surface area (Å²) in [6, 6.07) is 0. The van der Waals surface area contributed by atoms with Crippen LogP contribution >= 0.6 is 0 Å². The summed E-state index contributed by atoms with van der Waals surface area (Å²) in [5.74, 6) is -4.63. The van der Waals surface area contributed by atoms with Gasteiger partial charge in [0.15, 0.2) is 21.5 Å². The third kappa shape index (κ3) is 2.82. The molecule has 2 rings (SSSR count). The number of anilines is 2. The Morgan fingerprint density at radius 2 is 1.80 bits per heavy atom. The van der Waals surface area contributed by atoms with Crippen LogP contribution in [0.15, 0.2) is 0 Å². The Labute approximate surface area is 114 Å². The van der Waals surface area contributed by atoms with Crippen molar-refractivity contribution in [3.8, 4) is 0 Å². The standard InChI is InChI=1S/C11H14F3N3O2S/c1-2-15-11-8(13)9(7(12)10(14)16-11)17-3-5-20(18,19)6-4-17/h2-6H2,1H3,(H,15,16). The molecule has 0 radical (unpaired) electrons. The molecular weight excluding hydrogens is 295 g/mol. The summed E-state index contributed by atoms with van der Waals surface area (Å²) in [6.07, 6.45) is 0. The molecule has 112 valence electrons. The molecule has 1 saturated heterocycles. The van der Waals surface area contributed by atoms with Gasteiger partial charge in [0, 0.05) is 19.6 Å². The molecule has 0 unspecified atom stereocenters. The van der Waals surface area contributed by atoms with E-state index in [1.807, 2.05) is 0 Å². The smallest absolute Gasteiger partial charge is 0.253 e. The molecule has 2 heterocycles. The number of pyridine rings is 1. The normalized spacial score (nSPS) is 18.1. The first-order valence-electron chi connectivity index (χ1n) is 6.09. The zero-order valence-corrected chi connectivity index (χ0v) is 11.6. The molecular formula is C11H14F3N3O2S. The van der Waals surface area contributed by atoms with Crippen molar-refractivity contribution in [2.24, 2.45) is 0 Å². The van der Waals surface area contributed by atoms with E-state index in [1.165, 1.54) is 4.90 Å². The number of halogens is 3. The maximum atomic E-state index is 14.2. The number of aromatic nitrogens is 1. The molecule has 1 aliphatic rings. The lowest BCUT2D eigenvalue weighted by Gasteiger charge is -2.29. The van der Waals surface area contributed by atoms with Crippen LogP contribution in [0.4, 0.5) is 24.7 Å². The molecule has 20 heavy (non-hydrogen) atoms. The van der Waals surface area contributed by atoms with Gasteiger partial charge in [-0.25, -0.2) is 12.8 Å². The van der Waals surface area contributed by atoms with Crippen LogP contribution in [0, 0.1) is 17.6 Å². The van der Waals surface area contributed by atoms with Crippen molar-refractivity contribution in [2.45, 2.75) is 6.92 Å². The molecule has 0 spiro atoms. The van der Waals surface area contributed by atoms with Gasteiger partial charge in [-0.2, -0.15) is 13.8 Å². The third-order valence-electron chi connectivity index (χ3n) is 3.02. The van der Waals surface area contributed by atoms with Gasteiger partial charge < -0.3 is 10.2 Å². The summed E-state index contributed by atoms with van der Waals surface area (Å²) in [5.41, 5.74) is -0.566. The highest BCUT2D eigenvalue weighted by atomic mass is 32.2.